The monoisotopic (exact) mass is 320 g/mol. The van der Waals surface area contributed by atoms with Gasteiger partial charge in [0, 0.05) is 27.8 Å². The van der Waals surface area contributed by atoms with Gasteiger partial charge in [0.1, 0.15) is 11.9 Å². The molecule has 0 spiro atoms. The van der Waals surface area contributed by atoms with Crippen molar-refractivity contribution >= 4 is 17.5 Å². The molecule has 3 nitrogen and oxygen atoms in total. The summed E-state index contributed by atoms with van der Waals surface area (Å²) in [5.41, 5.74) is 6.56. The SMILES string of the molecule is CC(C)NC(C(N)=O)c1cccc(-c2ccccc2Cl)c1F. The van der Waals surface area contributed by atoms with Crippen LogP contribution in [-0.2, 0) is 4.79 Å². The lowest BCUT2D eigenvalue weighted by Crippen LogP contribution is -2.38. The van der Waals surface area contributed by atoms with Crippen molar-refractivity contribution in [2.45, 2.75) is 25.9 Å². The van der Waals surface area contributed by atoms with Gasteiger partial charge >= 0.3 is 0 Å². The minimum atomic E-state index is -0.887. The predicted molar refractivity (Wildman–Crippen MR) is 87.1 cm³/mol. The number of benzene rings is 2. The highest BCUT2D eigenvalue weighted by Gasteiger charge is 2.24. The Bertz CT molecular complexity index is 688. The van der Waals surface area contributed by atoms with Crippen LogP contribution in [0.2, 0.25) is 5.02 Å². The van der Waals surface area contributed by atoms with Gasteiger partial charge in [-0.3, -0.25) is 10.1 Å². The van der Waals surface area contributed by atoms with Crippen LogP contribution in [0, 0.1) is 5.82 Å². The predicted octanol–water partition coefficient (Wildman–Crippen LogP) is 3.67. The maximum atomic E-state index is 14.9. The molecule has 2 rings (SSSR count). The summed E-state index contributed by atoms with van der Waals surface area (Å²) >= 11 is 6.14. The molecule has 0 aliphatic carbocycles. The Kier molecular flexibility index (Phi) is 5.16. The molecule has 1 unspecified atom stereocenters. The van der Waals surface area contributed by atoms with E-state index in [1.165, 1.54) is 0 Å². The van der Waals surface area contributed by atoms with Crippen LogP contribution in [0.25, 0.3) is 11.1 Å². The number of nitrogens with two attached hydrogens (primary N) is 1. The Hall–Kier alpha value is -1.91. The molecule has 0 saturated carbocycles. The van der Waals surface area contributed by atoms with Crippen molar-refractivity contribution in [3.05, 3.63) is 58.9 Å². The van der Waals surface area contributed by atoms with Crippen molar-refractivity contribution in [1.82, 2.24) is 5.32 Å². The Morgan fingerprint density at radius 2 is 1.77 bits per heavy atom. The molecular formula is C17H18ClFN2O. The van der Waals surface area contributed by atoms with Gasteiger partial charge in [-0.15, -0.1) is 0 Å². The Morgan fingerprint density at radius 1 is 1.14 bits per heavy atom. The smallest absolute Gasteiger partial charge is 0.239 e. The molecule has 1 atom stereocenters. The number of hydrogen-bond donors (Lipinski definition) is 2. The summed E-state index contributed by atoms with van der Waals surface area (Å²) < 4.78 is 14.9. The van der Waals surface area contributed by atoms with Gasteiger partial charge in [-0.25, -0.2) is 4.39 Å². The molecule has 22 heavy (non-hydrogen) atoms. The van der Waals surface area contributed by atoms with E-state index in [1.54, 1.807) is 42.5 Å². The third-order valence-electron chi connectivity index (χ3n) is 3.29. The van der Waals surface area contributed by atoms with E-state index in [2.05, 4.69) is 5.32 Å². The van der Waals surface area contributed by atoms with Crippen molar-refractivity contribution in [3.8, 4) is 11.1 Å². The van der Waals surface area contributed by atoms with Crippen molar-refractivity contribution in [2.75, 3.05) is 0 Å². The second kappa shape index (κ2) is 6.90. The van der Waals surface area contributed by atoms with Crippen LogP contribution in [0.3, 0.4) is 0 Å². The molecule has 2 aromatic rings. The first-order valence-electron chi connectivity index (χ1n) is 7.00. The number of hydrogen-bond acceptors (Lipinski definition) is 2. The minimum absolute atomic E-state index is 0.0131. The van der Waals surface area contributed by atoms with Gasteiger partial charge in [-0.05, 0) is 19.9 Å². The lowest BCUT2D eigenvalue weighted by molar-refractivity contribution is -0.120. The van der Waals surface area contributed by atoms with E-state index < -0.39 is 17.8 Å². The third-order valence-corrected chi connectivity index (χ3v) is 3.62. The highest BCUT2D eigenvalue weighted by atomic mass is 35.5. The maximum Gasteiger partial charge on any atom is 0.239 e. The summed E-state index contributed by atoms with van der Waals surface area (Å²) in [5, 5.41) is 3.43. The second-order valence-electron chi connectivity index (χ2n) is 5.35. The van der Waals surface area contributed by atoms with E-state index in [4.69, 9.17) is 17.3 Å². The molecule has 0 radical (unpaired) electrons. The topological polar surface area (TPSA) is 55.1 Å². The number of carbonyl (C=O) groups is 1. The Balaban J connectivity index is 2.54. The summed E-state index contributed by atoms with van der Waals surface area (Å²) in [7, 11) is 0. The van der Waals surface area contributed by atoms with Crippen molar-refractivity contribution in [1.29, 1.82) is 0 Å². The van der Waals surface area contributed by atoms with Crippen molar-refractivity contribution in [3.63, 3.8) is 0 Å². The van der Waals surface area contributed by atoms with E-state index in [0.29, 0.717) is 16.1 Å². The summed E-state index contributed by atoms with van der Waals surface area (Å²) in [6.07, 6.45) is 0. The molecule has 3 N–H and O–H groups in total. The molecule has 0 fully saturated rings. The van der Waals surface area contributed by atoms with E-state index in [9.17, 15) is 9.18 Å². The van der Waals surface area contributed by atoms with E-state index in [1.807, 2.05) is 13.8 Å². The largest absolute Gasteiger partial charge is 0.368 e. The first-order valence-corrected chi connectivity index (χ1v) is 7.38. The van der Waals surface area contributed by atoms with E-state index in [-0.39, 0.29) is 11.6 Å². The quantitative estimate of drug-likeness (QED) is 0.883. The number of amides is 1. The molecule has 0 saturated heterocycles. The molecule has 116 valence electrons. The number of rotatable bonds is 5. The number of halogens is 2. The zero-order valence-corrected chi connectivity index (χ0v) is 13.2. The lowest BCUT2D eigenvalue weighted by atomic mass is 9.97. The molecule has 0 heterocycles. The van der Waals surface area contributed by atoms with Crippen LogP contribution in [0.4, 0.5) is 4.39 Å². The molecular weight excluding hydrogens is 303 g/mol. The van der Waals surface area contributed by atoms with Crippen LogP contribution in [0.1, 0.15) is 25.5 Å². The standard InChI is InChI=1S/C17H18ClFN2O/c1-10(2)21-16(17(20)22)13-8-5-7-12(15(13)19)11-6-3-4-9-14(11)18/h3-10,16,21H,1-2H3,(H2,20,22). The molecule has 0 bridgehead atoms. The average molecular weight is 321 g/mol. The Labute approximate surface area is 134 Å². The first kappa shape index (κ1) is 16.5. The number of carbonyl (C=O) groups excluding carboxylic acids is 1. The summed E-state index contributed by atoms with van der Waals surface area (Å²) in [4.78, 5) is 11.7. The fourth-order valence-electron chi connectivity index (χ4n) is 2.32. The fraction of sp³-hybridized carbons (Fsp3) is 0.235. The normalized spacial score (nSPS) is 12.4. The molecule has 2 aromatic carbocycles. The van der Waals surface area contributed by atoms with Gasteiger partial charge in [0.25, 0.3) is 0 Å². The first-order chi connectivity index (χ1) is 10.4. The average Bonchev–Trinajstić information content (AvgIpc) is 2.46. The van der Waals surface area contributed by atoms with Gasteiger partial charge in [0.05, 0.1) is 0 Å². The molecule has 1 amide bonds. The van der Waals surface area contributed by atoms with Crippen LogP contribution in [0.5, 0.6) is 0 Å². The van der Waals surface area contributed by atoms with Crippen LogP contribution >= 0.6 is 11.6 Å². The summed E-state index contributed by atoms with van der Waals surface area (Å²) in [6.45, 7) is 3.73. The van der Waals surface area contributed by atoms with Gasteiger partial charge in [0.15, 0.2) is 0 Å². The Morgan fingerprint density at radius 3 is 2.36 bits per heavy atom. The minimum Gasteiger partial charge on any atom is -0.368 e. The fourth-order valence-corrected chi connectivity index (χ4v) is 2.56. The van der Waals surface area contributed by atoms with E-state index >= 15 is 0 Å². The highest BCUT2D eigenvalue weighted by Crippen LogP contribution is 2.32. The molecule has 0 aliphatic rings. The maximum absolute atomic E-state index is 14.9. The van der Waals surface area contributed by atoms with Crippen LogP contribution < -0.4 is 11.1 Å². The van der Waals surface area contributed by atoms with Gasteiger partial charge in [0.2, 0.25) is 5.91 Å². The van der Waals surface area contributed by atoms with Gasteiger partial charge in [-0.1, -0.05) is 48.0 Å². The van der Waals surface area contributed by atoms with Crippen LogP contribution in [-0.4, -0.2) is 11.9 Å². The second-order valence-corrected chi connectivity index (χ2v) is 5.75. The van der Waals surface area contributed by atoms with Crippen molar-refractivity contribution < 1.29 is 9.18 Å². The number of nitrogens with one attached hydrogen (secondary N) is 1. The van der Waals surface area contributed by atoms with Crippen LogP contribution in [0.15, 0.2) is 42.5 Å². The third kappa shape index (κ3) is 3.46. The van der Waals surface area contributed by atoms with Gasteiger partial charge < -0.3 is 5.73 Å². The lowest BCUT2D eigenvalue weighted by Gasteiger charge is -2.20. The van der Waals surface area contributed by atoms with E-state index in [0.717, 1.165) is 0 Å². The zero-order valence-electron chi connectivity index (χ0n) is 12.4. The molecule has 0 aliphatic heterocycles. The van der Waals surface area contributed by atoms with Crippen molar-refractivity contribution in [2.24, 2.45) is 5.73 Å². The highest BCUT2D eigenvalue weighted by molar-refractivity contribution is 6.33. The molecule has 0 aromatic heterocycles. The summed E-state index contributed by atoms with van der Waals surface area (Å²) in [6, 6.07) is 11.0. The zero-order chi connectivity index (χ0) is 16.3. The van der Waals surface area contributed by atoms with Gasteiger partial charge in [-0.2, -0.15) is 0 Å². The summed E-state index contributed by atoms with van der Waals surface area (Å²) in [5.74, 6) is -1.11. The molecule has 5 heteroatoms. The number of primary amides is 1.